The number of hydrogen-bond acceptors (Lipinski definition) is 1. The van der Waals surface area contributed by atoms with Crippen LogP contribution in [0.15, 0.2) is 0 Å². The van der Waals surface area contributed by atoms with Crippen molar-refractivity contribution in [3.63, 3.8) is 0 Å². The molecule has 10 heavy (non-hydrogen) atoms. The van der Waals surface area contributed by atoms with Crippen molar-refractivity contribution in [3.05, 3.63) is 0 Å². The maximum absolute atomic E-state index is 11.6. The Morgan fingerprint density at radius 1 is 1.50 bits per heavy atom. The number of hydrogen-bond donors (Lipinski definition) is 1. The molecule has 1 rings (SSSR count). The van der Waals surface area contributed by atoms with E-state index in [2.05, 4.69) is 0 Å². The Morgan fingerprint density at radius 2 is 2.10 bits per heavy atom. The van der Waals surface area contributed by atoms with Gasteiger partial charge in [0.2, 0.25) is 0 Å². The molecular weight excluding hydrogens is 147 g/mol. The van der Waals surface area contributed by atoms with Gasteiger partial charge in [0.15, 0.2) is 0 Å². The molecule has 57 valence electrons. The van der Waals surface area contributed by atoms with Crippen LogP contribution in [0.1, 0.15) is 6.42 Å². The van der Waals surface area contributed by atoms with Crippen LogP contribution in [0.3, 0.4) is 0 Å². The van der Waals surface area contributed by atoms with Gasteiger partial charge in [-0.05, 0) is 6.42 Å². The topological polar surface area (TPSA) is 29.1 Å². The van der Waals surface area contributed by atoms with Crippen molar-refractivity contribution in [2.45, 2.75) is 18.6 Å². The molecule has 1 aliphatic rings. The molecule has 0 heterocycles. The minimum atomic E-state index is -4.16. The third-order valence-corrected chi connectivity index (χ3v) is 1.46. The molecule has 0 aliphatic heterocycles. The van der Waals surface area contributed by atoms with Gasteiger partial charge in [-0.15, -0.1) is 0 Å². The molecule has 1 fully saturated rings. The van der Waals surface area contributed by atoms with Gasteiger partial charge in [0.05, 0.1) is 5.92 Å². The van der Waals surface area contributed by atoms with Crippen molar-refractivity contribution in [1.82, 2.24) is 5.32 Å². The van der Waals surface area contributed by atoms with Crippen LogP contribution in [-0.2, 0) is 4.79 Å². The zero-order chi connectivity index (χ0) is 7.78. The van der Waals surface area contributed by atoms with E-state index in [1.54, 1.807) is 0 Å². The number of carbonyl (C=O) groups excluding carboxylic acids is 1. The Bertz CT molecular complexity index is 144. The first kappa shape index (κ1) is 7.37. The first-order valence-corrected chi connectivity index (χ1v) is 2.75. The number of rotatable bonds is 2. The molecule has 1 N–H and O–H groups in total. The molecule has 0 saturated heterocycles. The van der Waals surface area contributed by atoms with Crippen LogP contribution in [0, 0.1) is 5.92 Å². The van der Waals surface area contributed by atoms with E-state index in [0.29, 0.717) is 0 Å². The van der Waals surface area contributed by atoms with Crippen LogP contribution in [0.25, 0.3) is 0 Å². The number of halogens is 3. The van der Waals surface area contributed by atoms with Crippen molar-refractivity contribution in [3.8, 4) is 0 Å². The highest BCUT2D eigenvalue weighted by Crippen LogP contribution is 2.44. The predicted molar refractivity (Wildman–Crippen MR) is 26.8 cm³/mol. The minimum Gasteiger partial charge on any atom is -0.344 e. The molecule has 1 amide bonds. The molecular formula is C5H5F3NO. The molecule has 2 nitrogen and oxygen atoms in total. The van der Waals surface area contributed by atoms with Crippen molar-refractivity contribution in [1.29, 1.82) is 0 Å². The van der Waals surface area contributed by atoms with E-state index in [4.69, 9.17) is 0 Å². The highest BCUT2D eigenvalue weighted by molar-refractivity contribution is 5.48. The van der Waals surface area contributed by atoms with Crippen molar-refractivity contribution in [2.24, 2.45) is 5.92 Å². The largest absolute Gasteiger partial charge is 0.393 e. The molecule has 2 atom stereocenters. The van der Waals surface area contributed by atoms with Gasteiger partial charge in [0.1, 0.15) is 0 Å². The summed E-state index contributed by atoms with van der Waals surface area (Å²) in [6.45, 7) is 0. The summed E-state index contributed by atoms with van der Waals surface area (Å²) in [5.74, 6) is -1.34. The van der Waals surface area contributed by atoms with Gasteiger partial charge in [-0.2, -0.15) is 13.2 Å². The van der Waals surface area contributed by atoms with Gasteiger partial charge in [-0.25, -0.2) is 0 Å². The smallest absolute Gasteiger partial charge is 0.344 e. The van der Waals surface area contributed by atoms with Gasteiger partial charge in [0, 0.05) is 6.04 Å². The maximum Gasteiger partial charge on any atom is 0.393 e. The van der Waals surface area contributed by atoms with Crippen molar-refractivity contribution in [2.75, 3.05) is 0 Å². The summed E-state index contributed by atoms with van der Waals surface area (Å²) in [7, 11) is 0. The van der Waals surface area contributed by atoms with Crippen molar-refractivity contribution >= 4 is 6.41 Å². The Kier molecular flexibility index (Phi) is 1.58. The van der Waals surface area contributed by atoms with Gasteiger partial charge in [0.25, 0.3) is 0 Å². The van der Waals surface area contributed by atoms with Gasteiger partial charge >= 0.3 is 12.6 Å². The summed E-state index contributed by atoms with van der Waals surface area (Å²) < 4.78 is 34.9. The summed E-state index contributed by atoms with van der Waals surface area (Å²) in [5, 5.41) is 1.95. The fourth-order valence-electron chi connectivity index (χ4n) is 0.792. The second-order valence-electron chi connectivity index (χ2n) is 2.24. The highest BCUT2D eigenvalue weighted by atomic mass is 19.4. The van der Waals surface area contributed by atoms with Crippen molar-refractivity contribution < 1.29 is 18.0 Å². The zero-order valence-corrected chi connectivity index (χ0v) is 4.90. The molecule has 0 bridgehead atoms. The fraction of sp³-hybridized carbons (Fsp3) is 0.800. The van der Waals surface area contributed by atoms with Gasteiger partial charge < -0.3 is 5.32 Å². The lowest BCUT2D eigenvalue weighted by Gasteiger charge is -2.02. The molecule has 0 unspecified atom stereocenters. The molecule has 5 heteroatoms. The van der Waals surface area contributed by atoms with Crippen LogP contribution < -0.4 is 5.32 Å². The van der Waals surface area contributed by atoms with E-state index < -0.39 is 18.1 Å². The Labute approximate surface area is 55.4 Å². The summed E-state index contributed by atoms with van der Waals surface area (Å²) in [6, 6.07) is -0.725. The summed E-state index contributed by atoms with van der Waals surface area (Å²) in [5.41, 5.74) is 0. The van der Waals surface area contributed by atoms with E-state index in [1.165, 1.54) is 6.41 Å². The van der Waals surface area contributed by atoms with Crippen LogP contribution in [0.4, 0.5) is 13.2 Å². The molecule has 1 aliphatic carbocycles. The third-order valence-electron chi connectivity index (χ3n) is 1.46. The molecule has 1 radical (unpaired) electrons. The van der Waals surface area contributed by atoms with E-state index in [9.17, 15) is 18.0 Å². The minimum absolute atomic E-state index is 0.00125. The van der Waals surface area contributed by atoms with Crippen LogP contribution in [0.2, 0.25) is 0 Å². The Balaban J connectivity index is 2.31. The summed E-state index contributed by atoms with van der Waals surface area (Å²) >= 11 is 0. The summed E-state index contributed by atoms with van der Waals surface area (Å²) in [4.78, 5) is 9.52. The third kappa shape index (κ3) is 1.40. The molecule has 1 saturated carbocycles. The van der Waals surface area contributed by atoms with Crippen LogP contribution >= 0.6 is 0 Å². The molecule has 0 aromatic rings. The molecule has 0 aromatic heterocycles. The van der Waals surface area contributed by atoms with E-state index in [0.717, 1.165) is 0 Å². The lowest BCUT2D eigenvalue weighted by Crippen LogP contribution is -2.22. The Morgan fingerprint density at radius 3 is 2.40 bits per heavy atom. The first-order valence-electron chi connectivity index (χ1n) is 2.75. The SMILES string of the molecule is O=[C]N[C@H]1C[C@@H]1C(F)(F)F. The lowest BCUT2D eigenvalue weighted by molar-refractivity contribution is -0.148. The predicted octanol–water partition coefficient (Wildman–Crippen LogP) is 0.594. The normalized spacial score (nSPS) is 31.5. The Hall–Kier alpha value is -0.740. The zero-order valence-electron chi connectivity index (χ0n) is 4.90. The average molecular weight is 152 g/mol. The number of amides is 1. The van der Waals surface area contributed by atoms with E-state index in [1.807, 2.05) is 5.32 Å². The maximum atomic E-state index is 11.6. The van der Waals surface area contributed by atoms with E-state index >= 15 is 0 Å². The van der Waals surface area contributed by atoms with Gasteiger partial charge in [-0.3, -0.25) is 4.79 Å². The lowest BCUT2D eigenvalue weighted by atomic mass is 10.4. The number of nitrogens with one attached hydrogen (secondary N) is 1. The summed E-state index contributed by atoms with van der Waals surface area (Å²) in [6.07, 6.45) is -2.93. The second-order valence-corrected chi connectivity index (χ2v) is 2.24. The van der Waals surface area contributed by atoms with E-state index in [-0.39, 0.29) is 6.42 Å². The standard InChI is InChI=1S/C5H5F3NO/c6-5(7,8)3-1-4(3)9-2-10/h3-4H,1H2,(H,9,10)/t3-,4-/m0/s1. The van der Waals surface area contributed by atoms with Gasteiger partial charge in [-0.1, -0.05) is 0 Å². The first-order chi connectivity index (χ1) is 4.55. The average Bonchev–Trinajstić information content (AvgIpc) is 2.44. The quantitative estimate of drug-likeness (QED) is 0.576. The van der Waals surface area contributed by atoms with Crippen LogP contribution in [0.5, 0.6) is 0 Å². The second kappa shape index (κ2) is 2.14. The fourth-order valence-corrected chi connectivity index (χ4v) is 0.792. The number of alkyl halides is 3. The molecule has 0 aromatic carbocycles. The monoisotopic (exact) mass is 152 g/mol. The van der Waals surface area contributed by atoms with Crippen LogP contribution in [-0.4, -0.2) is 18.6 Å². The highest BCUT2D eigenvalue weighted by Gasteiger charge is 2.55. The molecule has 0 spiro atoms.